The zero-order valence-electron chi connectivity index (χ0n) is 15.4. The van der Waals surface area contributed by atoms with E-state index >= 15 is 0 Å². The molecule has 28 heavy (non-hydrogen) atoms. The average molecular weight is 421 g/mol. The first-order chi connectivity index (χ1) is 13.3. The maximum Gasteiger partial charge on any atom is 0.336 e. The van der Waals surface area contributed by atoms with Crippen LogP contribution in [0.2, 0.25) is 0 Å². The van der Waals surface area contributed by atoms with Gasteiger partial charge in [0.15, 0.2) is 0 Å². The van der Waals surface area contributed by atoms with Crippen molar-refractivity contribution < 1.29 is 22.4 Å². The summed E-state index contributed by atoms with van der Waals surface area (Å²) in [6.07, 6.45) is 1.60. The number of carbonyl (C=O) groups is 1. The average Bonchev–Trinajstić information content (AvgIpc) is 3.16. The number of benzene rings is 1. The van der Waals surface area contributed by atoms with E-state index in [-0.39, 0.29) is 9.96 Å². The monoisotopic (exact) mass is 421 g/mol. The quantitative estimate of drug-likeness (QED) is 0.331. The molecule has 1 aromatic carbocycles. The summed E-state index contributed by atoms with van der Waals surface area (Å²) in [5.74, 6) is -0.565. The third-order valence-corrected chi connectivity index (χ3v) is 7.24. The van der Waals surface area contributed by atoms with E-state index in [1.807, 2.05) is 6.92 Å². The summed E-state index contributed by atoms with van der Waals surface area (Å²) >= 11 is 1.07. The lowest BCUT2D eigenvalue weighted by molar-refractivity contribution is -0.134. The molecule has 0 aliphatic rings. The largest absolute Gasteiger partial charge is 0.425 e. The third kappa shape index (κ3) is 4.32. The van der Waals surface area contributed by atoms with Crippen molar-refractivity contribution in [3.8, 4) is 5.75 Å². The molecule has 0 atom stereocenters. The molecular formula is C19H19NO6S2. The molecule has 2 heterocycles. The Morgan fingerprint density at radius 3 is 2.71 bits per heavy atom. The van der Waals surface area contributed by atoms with Crippen molar-refractivity contribution in [2.45, 2.75) is 24.0 Å². The maximum absolute atomic E-state index is 12.4. The molecular weight excluding hydrogens is 402 g/mol. The van der Waals surface area contributed by atoms with Gasteiger partial charge in [0.1, 0.15) is 22.1 Å². The Balaban J connectivity index is 1.77. The summed E-state index contributed by atoms with van der Waals surface area (Å²) in [6.45, 7) is 1.56. The minimum atomic E-state index is -3.74. The van der Waals surface area contributed by atoms with E-state index in [9.17, 15) is 18.0 Å². The number of fused-ring (bicyclic) bond motifs is 1. The van der Waals surface area contributed by atoms with E-state index in [2.05, 4.69) is 0 Å². The van der Waals surface area contributed by atoms with Crippen molar-refractivity contribution in [3.05, 3.63) is 57.8 Å². The lowest BCUT2D eigenvalue weighted by atomic mass is 10.1. The van der Waals surface area contributed by atoms with E-state index in [0.29, 0.717) is 5.58 Å². The van der Waals surface area contributed by atoms with Crippen molar-refractivity contribution >= 4 is 38.3 Å². The number of sulfonamides is 1. The molecule has 0 fully saturated rings. The number of aryl methyl sites for hydroxylation is 1. The fourth-order valence-corrected chi connectivity index (χ4v) is 5.06. The Kier molecular flexibility index (Phi) is 5.97. The van der Waals surface area contributed by atoms with E-state index in [4.69, 9.17) is 9.15 Å². The highest BCUT2D eigenvalue weighted by atomic mass is 32.2. The topological polar surface area (TPSA) is 93.9 Å². The van der Waals surface area contributed by atoms with Crippen LogP contribution in [0.3, 0.4) is 0 Å². The van der Waals surface area contributed by atoms with Crippen LogP contribution in [0, 0.1) is 0 Å². The molecule has 3 aromatic rings. The summed E-state index contributed by atoms with van der Waals surface area (Å²) in [4.78, 5) is 23.9. The highest BCUT2D eigenvalue weighted by Crippen LogP contribution is 2.24. The van der Waals surface area contributed by atoms with E-state index < -0.39 is 28.2 Å². The molecule has 0 spiro atoms. The number of hydrogen-bond donors (Lipinski definition) is 0. The summed E-state index contributed by atoms with van der Waals surface area (Å²) in [5, 5.41) is 2.42. The fourth-order valence-electron chi connectivity index (χ4n) is 2.74. The van der Waals surface area contributed by atoms with Gasteiger partial charge in [-0.15, -0.1) is 11.3 Å². The number of esters is 1. The van der Waals surface area contributed by atoms with E-state index in [1.54, 1.807) is 23.6 Å². The Morgan fingerprint density at radius 2 is 2.04 bits per heavy atom. The molecule has 3 rings (SSSR count). The van der Waals surface area contributed by atoms with Gasteiger partial charge in [0.25, 0.3) is 10.0 Å². The number of thiophene rings is 1. The fraction of sp³-hybridized carbons (Fsp3) is 0.263. The molecule has 0 saturated heterocycles. The van der Waals surface area contributed by atoms with Crippen LogP contribution >= 0.6 is 11.3 Å². The lowest BCUT2D eigenvalue weighted by Gasteiger charge is -2.15. The molecule has 0 saturated carbocycles. The maximum atomic E-state index is 12.4. The Labute approximate surface area is 166 Å². The predicted molar refractivity (Wildman–Crippen MR) is 106 cm³/mol. The minimum Gasteiger partial charge on any atom is -0.425 e. The van der Waals surface area contributed by atoms with Gasteiger partial charge in [-0.3, -0.25) is 4.79 Å². The van der Waals surface area contributed by atoms with Gasteiger partial charge in [-0.2, -0.15) is 4.31 Å². The molecule has 0 unspecified atom stereocenters. The van der Waals surface area contributed by atoms with Crippen LogP contribution in [0.15, 0.2) is 55.2 Å². The summed E-state index contributed by atoms with van der Waals surface area (Å²) in [5.41, 5.74) is 0.718. The Bertz CT molecular complexity index is 1150. The first-order valence-corrected chi connectivity index (χ1v) is 10.9. The molecule has 0 N–H and O–H groups in total. The summed E-state index contributed by atoms with van der Waals surface area (Å²) < 4.78 is 36.3. The molecule has 7 nitrogen and oxygen atoms in total. The molecule has 0 amide bonds. The van der Waals surface area contributed by atoms with Crippen molar-refractivity contribution in [1.29, 1.82) is 0 Å². The van der Waals surface area contributed by atoms with Crippen molar-refractivity contribution in [1.82, 2.24) is 4.31 Å². The van der Waals surface area contributed by atoms with Crippen LogP contribution < -0.4 is 10.4 Å². The van der Waals surface area contributed by atoms with Gasteiger partial charge in [0.2, 0.25) is 0 Å². The summed E-state index contributed by atoms with van der Waals surface area (Å²) in [7, 11) is -2.43. The zero-order chi connectivity index (χ0) is 20.3. The van der Waals surface area contributed by atoms with Crippen molar-refractivity contribution in [3.63, 3.8) is 0 Å². The third-order valence-electron chi connectivity index (χ3n) is 4.06. The van der Waals surface area contributed by atoms with Gasteiger partial charge in [0.05, 0.1) is 0 Å². The first-order valence-electron chi connectivity index (χ1n) is 8.58. The van der Waals surface area contributed by atoms with Gasteiger partial charge in [-0.05, 0) is 35.6 Å². The normalized spacial score (nSPS) is 11.8. The molecule has 9 heteroatoms. The highest BCUT2D eigenvalue weighted by Gasteiger charge is 2.24. The Hall–Kier alpha value is -2.49. The smallest absolute Gasteiger partial charge is 0.336 e. The second-order valence-electron chi connectivity index (χ2n) is 6.17. The molecule has 0 radical (unpaired) electrons. The predicted octanol–water partition coefficient (Wildman–Crippen LogP) is 3.03. The number of carbonyl (C=O) groups excluding carboxylic acids is 1. The van der Waals surface area contributed by atoms with Gasteiger partial charge in [0, 0.05) is 24.6 Å². The van der Waals surface area contributed by atoms with Crippen molar-refractivity contribution in [2.24, 2.45) is 0 Å². The molecule has 0 aliphatic heterocycles. The molecule has 0 bridgehead atoms. The van der Waals surface area contributed by atoms with Gasteiger partial charge >= 0.3 is 11.6 Å². The molecule has 0 aliphatic carbocycles. The van der Waals surface area contributed by atoms with Crippen molar-refractivity contribution in [2.75, 3.05) is 13.6 Å². The highest BCUT2D eigenvalue weighted by molar-refractivity contribution is 7.91. The van der Waals surface area contributed by atoms with Crippen LogP contribution in [0.5, 0.6) is 5.75 Å². The molecule has 2 aromatic heterocycles. The minimum absolute atomic E-state index is 0.152. The van der Waals surface area contributed by atoms with Crippen LogP contribution in [0.1, 0.15) is 18.9 Å². The van der Waals surface area contributed by atoms with Gasteiger partial charge in [-0.1, -0.05) is 19.4 Å². The standard InChI is InChI=1S/C19H19NO6S2/c1-3-5-13-10-17(21)26-16-11-14(7-8-15(13)16)25-18(22)12-20(2)28(23,24)19-6-4-9-27-19/h4,6-11H,3,5,12H2,1-2H3. The van der Waals surface area contributed by atoms with Crippen LogP contribution in [0.25, 0.3) is 11.0 Å². The Morgan fingerprint density at radius 1 is 1.25 bits per heavy atom. The number of hydrogen-bond acceptors (Lipinski definition) is 7. The second kappa shape index (κ2) is 8.26. The second-order valence-corrected chi connectivity index (χ2v) is 9.39. The van der Waals surface area contributed by atoms with Gasteiger partial charge in [-0.25, -0.2) is 13.2 Å². The van der Waals surface area contributed by atoms with Crippen LogP contribution in [-0.2, 0) is 21.2 Å². The van der Waals surface area contributed by atoms with Gasteiger partial charge < -0.3 is 9.15 Å². The zero-order valence-corrected chi connectivity index (χ0v) is 17.0. The first kappa shape index (κ1) is 20.2. The summed E-state index contributed by atoms with van der Waals surface area (Å²) in [6, 6.07) is 9.33. The van der Waals surface area contributed by atoms with Crippen LogP contribution in [0.4, 0.5) is 0 Å². The number of ether oxygens (including phenoxy) is 1. The van der Waals surface area contributed by atoms with E-state index in [1.165, 1.54) is 25.2 Å². The van der Waals surface area contributed by atoms with Crippen LogP contribution in [-0.4, -0.2) is 32.3 Å². The molecule has 148 valence electrons. The lowest BCUT2D eigenvalue weighted by Crippen LogP contribution is -2.33. The number of likely N-dealkylation sites (N-methyl/N-ethyl adjacent to an activating group) is 1. The number of nitrogens with zero attached hydrogens (tertiary/aromatic N) is 1. The SMILES string of the molecule is CCCc1cc(=O)oc2cc(OC(=O)CN(C)S(=O)(=O)c3cccs3)ccc12. The van der Waals surface area contributed by atoms with E-state index in [0.717, 1.165) is 39.4 Å². The number of rotatable bonds is 7.